The molecule has 0 bridgehead atoms. The van der Waals surface area contributed by atoms with Gasteiger partial charge >= 0.3 is 0 Å². The van der Waals surface area contributed by atoms with Crippen molar-refractivity contribution < 1.29 is 0 Å². The molecule has 1 aromatic heterocycles. The van der Waals surface area contributed by atoms with Crippen LogP contribution in [0.5, 0.6) is 0 Å². The van der Waals surface area contributed by atoms with E-state index in [1.807, 2.05) is 12.3 Å². The van der Waals surface area contributed by atoms with Crippen molar-refractivity contribution >= 4 is 22.2 Å². The zero-order valence-corrected chi connectivity index (χ0v) is 13.8. The fourth-order valence-electron chi connectivity index (χ4n) is 3.80. The highest BCUT2D eigenvalue weighted by Gasteiger charge is 2.47. The van der Waals surface area contributed by atoms with Crippen molar-refractivity contribution in [2.45, 2.75) is 40.0 Å². The Bertz CT molecular complexity index is 840. The normalized spacial score (nSPS) is 23.1. The van der Waals surface area contributed by atoms with Crippen LogP contribution in [-0.4, -0.2) is 17.2 Å². The van der Waals surface area contributed by atoms with Gasteiger partial charge < -0.3 is 0 Å². The van der Waals surface area contributed by atoms with E-state index in [0.29, 0.717) is 11.3 Å². The van der Waals surface area contributed by atoms with E-state index in [2.05, 4.69) is 55.9 Å². The first-order chi connectivity index (χ1) is 10.5. The third-order valence-corrected chi connectivity index (χ3v) is 5.27. The molecule has 2 nitrogen and oxygen atoms in total. The Kier molecular flexibility index (Phi) is 2.81. The summed E-state index contributed by atoms with van der Waals surface area (Å²) in [5.74, 6) is 0.652. The van der Waals surface area contributed by atoms with Gasteiger partial charge in [-0.25, -0.2) is 0 Å². The summed E-state index contributed by atoms with van der Waals surface area (Å²) in [7, 11) is 0. The molecule has 4 rings (SSSR count). The predicted octanol–water partition coefficient (Wildman–Crippen LogP) is 5.00. The van der Waals surface area contributed by atoms with Crippen LogP contribution in [0.2, 0.25) is 0 Å². The molecule has 1 aliphatic carbocycles. The Morgan fingerprint density at radius 3 is 2.59 bits per heavy atom. The molecular weight excluding hydrogens is 268 g/mol. The third-order valence-electron chi connectivity index (χ3n) is 5.27. The molecule has 1 atom stereocenters. The summed E-state index contributed by atoms with van der Waals surface area (Å²) in [5.41, 5.74) is 8.14. The van der Waals surface area contributed by atoms with E-state index in [9.17, 15) is 0 Å². The molecule has 22 heavy (non-hydrogen) atoms. The number of hydrogen-bond acceptors (Lipinski definition) is 2. The van der Waals surface area contributed by atoms with Gasteiger partial charge in [-0.3, -0.25) is 9.98 Å². The monoisotopic (exact) mass is 290 g/mol. The molecule has 0 radical (unpaired) electrons. The Morgan fingerprint density at radius 1 is 1.18 bits per heavy atom. The van der Waals surface area contributed by atoms with Crippen LogP contribution < -0.4 is 0 Å². The Hall–Kier alpha value is -1.96. The number of nitrogens with zero attached hydrogens (tertiary/aromatic N) is 2. The van der Waals surface area contributed by atoms with Crippen LogP contribution in [0.1, 0.15) is 51.2 Å². The summed E-state index contributed by atoms with van der Waals surface area (Å²) in [6.07, 6.45) is 3.16. The second-order valence-electron chi connectivity index (χ2n) is 7.44. The van der Waals surface area contributed by atoms with E-state index in [0.717, 1.165) is 17.8 Å². The predicted molar refractivity (Wildman–Crippen MR) is 93.5 cm³/mol. The Balaban J connectivity index is 1.95. The minimum Gasteiger partial charge on any atom is -0.285 e. The van der Waals surface area contributed by atoms with E-state index in [1.54, 1.807) is 0 Å². The lowest BCUT2D eigenvalue weighted by Gasteiger charge is -2.13. The maximum Gasteiger partial charge on any atom is 0.0711 e. The highest BCUT2D eigenvalue weighted by molar-refractivity contribution is 6.25. The van der Waals surface area contributed by atoms with Gasteiger partial charge in [0.05, 0.1) is 12.1 Å². The van der Waals surface area contributed by atoms with Crippen molar-refractivity contribution in [2.75, 3.05) is 6.54 Å². The molecule has 112 valence electrons. The van der Waals surface area contributed by atoms with Gasteiger partial charge in [-0.2, -0.15) is 0 Å². The molecule has 2 aliphatic rings. The third kappa shape index (κ3) is 2.01. The van der Waals surface area contributed by atoms with Crippen LogP contribution in [0.4, 0.5) is 0 Å². The molecule has 0 saturated heterocycles. The quantitative estimate of drug-likeness (QED) is 0.764. The van der Waals surface area contributed by atoms with E-state index >= 15 is 0 Å². The van der Waals surface area contributed by atoms with E-state index in [4.69, 9.17) is 0 Å². The first-order valence-electron chi connectivity index (χ1n) is 8.07. The van der Waals surface area contributed by atoms with E-state index in [-0.39, 0.29) is 0 Å². The molecule has 0 amide bonds. The standard InChI is InChI=1S/C20H22N2/c1-12-11-22-13(2)19(12)14-8-16(17-10-20(17,3)4)15-6-5-7-21-18(15)9-14/h5-9,17H,10-11H2,1-4H3. The first kappa shape index (κ1) is 13.7. The Morgan fingerprint density at radius 2 is 1.95 bits per heavy atom. The fourth-order valence-corrected chi connectivity index (χ4v) is 3.80. The van der Waals surface area contributed by atoms with Crippen LogP contribution in [0.15, 0.2) is 41.0 Å². The minimum atomic E-state index is 0.420. The maximum absolute atomic E-state index is 4.62. The van der Waals surface area contributed by atoms with Gasteiger partial charge in [0.2, 0.25) is 0 Å². The average Bonchev–Trinajstić information content (AvgIpc) is 2.99. The van der Waals surface area contributed by atoms with Gasteiger partial charge in [0.15, 0.2) is 0 Å². The molecule has 2 heteroatoms. The first-order valence-corrected chi connectivity index (χ1v) is 8.07. The van der Waals surface area contributed by atoms with Crippen LogP contribution in [0, 0.1) is 5.41 Å². The van der Waals surface area contributed by atoms with Gasteiger partial charge in [-0.15, -0.1) is 0 Å². The summed E-state index contributed by atoms with van der Waals surface area (Å²) < 4.78 is 0. The second-order valence-corrected chi connectivity index (χ2v) is 7.44. The van der Waals surface area contributed by atoms with Gasteiger partial charge in [0.25, 0.3) is 0 Å². The molecular formula is C20H22N2. The summed E-state index contributed by atoms with van der Waals surface area (Å²) in [5, 5.41) is 1.31. The lowest BCUT2D eigenvalue weighted by molar-refractivity contribution is 0.623. The molecule has 1 fully saturated rings. The molecule has 1 aromatic carbocycles. The van der Waals surface area contributed by atoms with Crippen LogP contribution in [0.25, 0.3) is 16.5 Å². The fraction of sp³-hybridized carbons (Fsp3) is 0.400. The lowest BCUT2D eigenvalue weighted by atomic mass is 9.91. The van der Waals surface area contributed by atoms with Gasteiger partial charge in [-0.05, 0) is 60.4 Å². The number of benzene rings is 1. The SMILES string of the molecule is CC1=NCC(C)=C1c1cc(C2CC2(C)C)c2cccnc2c1. The summed E-state index contributed by atoms with van der Waals surface area (Å²) in [4.78, 5) is 9.22. The second kappa shape index (κ2) is 4.52. The Labute approximate surface area is 132 Å². The van der Waals surface area contributed by atoms with Crippen LogP contribution in [-0.2, 0) is 0 Å². The van der Waals surface area contributed by atoms with Crippen LogP contribution >= 0.6 is 0 Å². The molecule has 2 aromatic rings. The topological polar surface area (TPSA) is 25.2 Å². The maximum atomic E-state index is 4.62. The molecule has 0 spiro atoms. The number of hydrogen-bond donors (Lipinski definition) is 0. The van der Waals surface area contributed by atoms with Crippen molar-refractivity contribution in [1.82, 2.24) is 4.98 Å². The highest BCUT2D eigenvalue weighted by Crippen LogP contribution is 2.59. The number of allylic oxidation sites excluding steroid dienone is 1. The van der Waals surface area contributed by atoms with Gasteiger partial charge in [0, 0.05) is 22.9 Å². The van der Waals surface area contributed by atoms with Crippen molar-refractivity contribution in [3.63, 3.8) is 0 Å². The highest BCUT2D eigenvalue weighted by atomic mass is 14.8. The zero-order chi connectivity index (χ0) is 15.5. The molecule has 0 N–H and O–H groups in total. The van der Waals surface area contributed by atoms with E-state index in [1.165, 1.54) is 34.1 Å². The molecule has 1 unspecified atom stereocenters. The number of rotatable bonds is 2. The number of pyridine rings is 1. The molecule has 2 heterocycles. The number of aliphatic imine (C=N–C) groups is 1. The lowest BCUT2D eigenvalue weighted by Crippen LogP contribution is -1.99. The van der Waals surface area contributed by atoms with Crippen molar-refractivity contribution in [2.24, 2.45) is 10.4 Å². The zero-order valence-electron chi connectivity index (χ0n) is 13.8. The smallest absolute Gasteiger partial charge is 0.0711 e. The number of fused-ring (bicyclic) bond motifs is 1. The van der Waals surface area contributed by atoms with Gasteiger partial charge in [0.1, 0.15) is 0 Å². The molecule has 1 aliphatic heterocycles. The van der Waals surface area contributed by atoms with Gasteiger partial charge in [-0.1, -0.05) is 26.0 Å². The van der Waals surface area contributed by atoms with Crippen molar-refractivity contribution in [3.8, 4) is 0 Å². The summed E-state index contributed by atoms with van der Waals surface area (Å²) in [6, 6.07) is 8.89. The van der Waals surface area contributed by atoms with Crippen molar-refractivity contribution in [3.05, 3.63) is 47.2 Å². The van der Waals surface area contributed by atoms with E-state index < -0.39 is 0 Å². The summed E-state index contributed by atoms with van der Waals surface area (Å²) in [6.45, 7) is 9.87. The van der Waals surface area contributed by atoms with Crippen molar-refractivity contribution in [1.29, 1.82) is 0 Å². The largest absolute Gasteiger partial charge is 0.285 e. The number of aromatic nitrogens is 1. The summed E-state index contributed by atoms with van der Waals surface area (Å²) >= 11 is 0. The molecule has 1 saturated carbocycles. The van der Waals surface area contributed by atoms with Crippen LogP contribution in [0.3, 0.4) is 0 Å². The average molecular weight is 290 g/mol. The minimum absolute atomic E-state index is 0.420.